The summed E-state index contributed by atoms with van der Waals surface area (Å²) >= 11 is 0. The molecule has 0 aliphatic rings. The van der Waals surface area contributed by atoms with Crippen LogP contribution in [-0.4, -0.2) is 17.8 Å². The summed E-state index contributed by atoms with van der Waals surface area (Å²) in [6.45, 7) is 4.92. The van der Waals surface area contributed by atoms with E-state index in [0.717, 1.165) is 24.5 Å². The van der Waals surface area contributed by atoms with E-state index >= 15 is 0 Å². The zero-order chi connectivity index (χ0) is 15.3. The van der Waals surface area contributed by atoms with Gasteiger partial charge >= 0.3 is 0 Å². The first-order valence-corrected chi connectivity index (χ1v) is 8.11. The Morgan fingerprint density at radius 3 is 2.43 bits per heavy atom. The molecule has 2 N–H and O–H groups in total. The van der Waals surface area contributed by atoms with E-state index in [2.05, 4.69) is 17.0 Å². The summed E-state index contributed by atoms with van der Waals surface area (Å²) in [5, 5.41) is 3.53. The summed E-state index contributed by atoms with van der Waals surface area (Å²) in [5.74, 6) is 5.96. The van der Waals surface area contributed by atoms with Gasteiger partial charge in [-0.25, -0.2) is 4.98 Å². The third-order valence-electron chi connectivity index (χ3n) is 3.48. The van der Waals surface area contributed by atoms with Crippen molar-refractivity contribution in [2.45, 2.75) is 65.2 Å². The van der Waals surface area contributed by atoms with Crippen molar-refractivity contribution in [3.63, 3.8) is 0 Å². The zero-order valence-electron chi connectivity index (χ0n) is 13.5. The van der Waals surface area contributed by atoms with Crippen molar-refractivity contribution in [1.82, 2.24) is 4.98 Å². The van der Waals surface area contributed by atoms with Crippen molar-refractivity contribution in [2.24, 2.45) is 10.9 Å². The van der Waals surface area contributed by atoms with Crippen LogP contribution in [0.3, 0.4) is 0 Å². The number of nitrogens with zero attached hydrogens (tertiary/aromatic N) is 2. The summed E-state index contributed by atoms with van der Waals surface area (Å²) in [6, 6.07) is 3.88. The fourth-order valence-electron chi connectivity index (χ4n) is 2.27. The van der Waals surface area contributed by atoms with Gasteiger partial charge in [0.2, 0.25) is 0 Å². The fourth-order valence-corrected chi connectivity index (χ4v) is 2.27. The van der Waals surface area contributed by atoms with Gasteiger partial charge in [0, 0.05) is 5.69 Å². The minimum absolute atomic E-state index is 0.706. The average molecular weight is 291 g/mol. The molecular formula is C17H29N3O. The van der Waals surface area contributed by atoms with Gasteiger partial charge in [-0.05, 0) is 25.5 Å². The number of nitrogens with two attached hydrogens (primary N) is 1. The van der Waals surface area contributed by atoms with Crippen molar-refractivity contribution in [3.8, 4) is 5.75 Å². The van der Waals surface area contributed by atoms with E-state index in [1.54, 1.807) is 0 Å². The number of unbranched alkanes of at least 4 members (excludes halogenated alkanes) is 7. The molecule has 0 aromatic carbocycles. The molecule has 0 radical (unpaired) electrons. The number of pyridine rings is 1. The molecule has 0 unspecified atom stereocenters. The number of hydrogen-bond donors (Lipinski definition) is 1. The molecule has 118 valence electrons. The Morgan fingerprint density at radius 1 is 1.10 bits per heavy atom. The molecule has 0 aliphatic carbocycles. The number of aromatic nitrogens is 1. The highest BCUT2D eigenvalue weighted by Crippen LogP contribution is 2.16. The highest BCUT2D eigenvalue weighted by atomic mass is 16.5. The third kappa shape index (κ3) is 7.69. The predicted octanol–water partition coefficient (Wildman–Crippen LogP) is 4.20. The maximum Gasteiger partial charge on any atom is 0.146 e. The summed E-state index contributed by atoms with van der Waals surface area (Å²) in [7, 11) is 0. The Bertz CT molecular complexity index is 418. The first kappa shape index (κ1) is 17.5. The van der Waals surface area contributed by atoms with Gasteiger partial charge in [0.05, 0.1) is 12.8 Å². The van der Waals surface area contributed by atoms with Crippen LogP contribution in [0.1, 0.15) is 69.7 Å². The topological polar surface area (TPSA) is 60.5 Å². The van der Waals surface area contributed by atoms with Gasteiger partial charge in [-0.3, -0.25) is 0 Å². The summed E-state index contributed by atoms with van der Waals surface area (Å²) < 4.78 is 5.78. The number of hydrazone groups is 1. The van der Waals surface area contributed by atoms with Crippen molar-refractivity contribution in [3.05, 3.63) is 23.5 Å². The van der Waals surface area contributed by atoms with Gasteiger partial charge in [-0.2, -0.15) is 5.10 Å². The molecule has 0 amide bonds. The normalized spacial score (nSPS) is 11.1. The van der Waals surface area contributed by atoms with E-state index in [1.807, 2.05) is 19.1 Å². The maximum absolute atomic E-state index is 5.78. The Hall–Kier alpha value is -1.58. The molecule has 0 saturated heterocycles. The lowest BCUT2D eigenvalue weighted by atomic mass is 10.1. The van der Waals surface area contributed by atoms with Gasteiger partial charge < -0.3 is 10.6 Å². The van der Waals surface area contributed by atoms with E-state index in [1.165, 1.54) is 51.2 Å². The quantitative estimate of drug-likeness (QED) is 0.288. The third-order valence-corrected chi connectivity index (χ3v) is 3.48. The standard InChI is InChI=1S/C17H29N3O/c1-3-4-5-6-7-8-9-10-13-21-17-12-11-15(2)20-16(17)14-19-18/h11-12,14H,3-10,13,18H2,1-2H3. The van der Waals surface area contributed by atoms with Crippen LogP contribution in [0.5, 0.6) is 5.75 Å². The zero-order valence-corrected chi connectivity index (χ0v) is 13.5. The van der Waals surface area contributed by atoms with Crippen LogP contribution in [0, 0.1) is 6.92 Å². The number of ether oxygens (including phenoxy) is 1. The summed E-state index contributed by atoms with van der Waals surface area (Å²) in [4.78, 5) is 4.37. The molecule has 1 aromatic heterocycles. The number of hydrogen-bond acceptors (Lipinski definition) is 4. The van der Waals surface area contributed by atoms with Crippen molar-refractivity contribution < 1.29 is 4.74 Å². The van der Waals surface area contributed by atoms with Crippen LogP contribution in [0.15, 0.2) is 17.2 Å². The van der Waals surface area contributed by atoms with E-state index in [0.29, 0.717) is 5.69 Å². The Kier molecular flexibility index (Phi) is 9.25. The van der Waals surface area contributed by atoms with Crippen LogP contribution in [0.2, 0.25) is 0 Å². The summed E-state index contributed by atoms with van der Waals surface area (Å²) in [6.07, 6.45) is 11.9. The second-order valence-corrected chi connectivity index (χ2v) is 5.44. The van der Waals surface area contributed by atoms with Gasteiger partial charge in [0.15, 0.2) is 0 Å². The molecule has 1 aromatic rings. The smallest absolute Gasteiger partial charge is 0.146 e. The number of aryl methyl sites for hydroxylation is 1. The highest BCUT2D eigenvalue weighted by molar-refractivity contribution is 5.80. The van der Waals surface area contributed by atoms with E-state index < -0.39 is 0 Å². The number of rotatable bonds is 11. The molecular weight excluding hydrogens is 262 g/mol. The van der Waals surface area contributed by atoms with Crippen LogP contribution >= 0.6 is 0 Å². The molecule has 0 saturated carbocycles. The Morgan fingerprint density at radius 2 is 1.76 bits per heavy atom. The minimum atomic E-state index is 0.706. The van der Waals surface area contributed by atoms with Crippen LogP contribution in [0.4, 0.5) is 0 Å². The lowest BCUT2D eigenvalue weighted by molar-refractivity contribution is 0.302. The fraction of sp³-hybridized carbons (Fsp3) is 0.647. The molecule has 4 nitrogen and oxygen atoms in total. The minimum Gasteiger partial charge on any atom is -0.491 e. The van der Waals surface area contributed by atoms with Crippen molar-refractivity contribution >= 4 is 6.21 Å². The molecule has 0 fully saturated rings. The van der Waals surface area contributed by atoms with E-state index in [-0.39, 0.29) is 0 Å². The SMILES string of the molecule is CCCCCCCCCCOc1ccc(C)nc1C=NN. The van der Waals surface area contributed by atoms with E-state index in [4.69, 9.17) is 10.6 Å². The second kappa shape index (κ2) is 11.1. The Labute approximate surface area is 128 Å². The van der Waals surface area contributed by atoms with Crippen LogP contribution < -0.4 is 10.6 Å². The van der Waals surface area contributed by atoms with Crippen LogP contribution in [-0.2, 0) is 0 Å². The van der Waals surface area contributed by atoms with Crippen molar-refractivity contribution in [1.29, 1.82) is 0 Å². The molecule has 4 heteroatoms. The molecule has 0 atom stereocenters. The van der Waals surface area contributed by atoms with Gasteiger partial charge in [-0.15, -0.1) is 0 Å². The van der Waals surface area contributed by atoms with Crippen molar-refractivity contribution in [2.75, 3.05) is 6.61 Å². The Balaban J connectivity index is 2.18. The first-order chi connectivity index (χ1) is 10.3. The van der Waals surface area contributed by atoms with E-state index in [9.17, 15) is 0 Å². The molecule has 0 bridgehead atoms. The van der Waals surface area contributed by atoms with Gasteiger partial charge in [-0.1, -0.05) is 51.9 Å². The first-order valence-electron chi connectivity index (χ1n) is 8.11. The molecule has 0 aliphatic heterocycles. The monoisotopic (exact) mass is 291 g/mol. The highest BCUT2D eigenvalue weighted by Gasteiger charge is 2.03. The molecule has 1 heterocycles. The second-order valence-electron chi connectivity index (χ2n) is 5.44. The van der Waals surface area contributed by atoms with Crippen LogP contribution in [0.25, 0.3) is 0 Å². The molecule has 21 heavy (non-hydrogen) atoms. The molecule has 1 rings (SSSR count). The lowest BCUT2D eigenvalue weighted by Crippen LogP contribution is -2.03. The maximum atomic E-state index is 5.78. The predicted molar refractivity (Wildman–Crippen MR) is 88.9 cm³/mol. The summed E-state index contributed by atoms with van der Waals surface area (Å²) in [5.41, 5.74) is 1.64. The molecule has 0 spiro atoms. The lowest BCUT2D eigenvalue weighted by Gasteiger charge is -2.09. The van der Waals surface area contributed by atoms with Gasteiger partial charge in [0.1, 0.15) is 11.4 Å². The average Bonchev–Trinajstić information content (AvgIpc) is 2.48. The van der Waals surface area contributed by atoms with Gasteiger partial charge in [0.25, 0.3) is 0 Å². The largest absolute Gasteiger partial charge is 0.491 e.